The maximum absolute atomic E-state index is 9.39. The molecule has 4 heteroatoms. The first-order valence-corrected chi connectivity index (χ1v) is 5.85. The van der Waals surface area contributed by atoms with Gasteiger partial charge in [-0.2, -0.15) is 0 Å². The summed E-state index contributed by atoms with van der Waals surface area (Å²) in [6.07, 6.45) is 2.27. The maximum Gasteiger partial charge on any atom is 0.0639 e. The van der Waals surface area contributed by atoms with Gasteiger partial charge in [0.05, 0.1) is 12.7 Å². The molecule has 0 aromatic heterocycles. The van der Waals surface area contributed by atoms with Crippen LogP contribution in [-0.2, 0) is 4.74 Å². The van der Waals surface area contributed by atoms with Crippen LogP contribution in [-0.4, -0.2) is 62.0 Å². The summed E-state index contributed by atoms with van der Waals surface area (Å²) in [5.41, 5.74) is 0. The van der Waals surface area contributed by atoms with Crippen molar-refractivity contribution in [1.82, 2.24) is 10.2 Å². The van der Waals surface area contributed by atoms with Crippen LogP contribution in [0.3, 0.4) is 0 Å². The van der Waals surface area contributed by atoms with E-state index in [4.69, 9.17) is 4.74 Å². The Balaban J connectivity index is 2.26. The van der Waals surface area contributed by atoms with Crippen LogP contribution < -0.4 is 5.32 Å². The molecule has 15 heavy (non-hydrogen) atoms. The highest BCUT2D eigenvalue weighted by Crippen LogP contribution is 2.07. The predicted octanol–water partition coefficient (Wildman–Crippen LogP) is 0.0676. The molecule has 0 aromatic rings. The van der Waals surface area contributed by atoms with E-state index in [0.717, 1.165) is 32.8 Å². The Labute approximate surface area is 92.6 Å². The predicted molar refractivity (Wildman–Crippen MR) is 61.0 cm³/mol. The Morgan fingerprint density at radius 2 is 2.40 bits per heavy atom. The van der Waals surface area contributed by atoms with Gasteiger partial charge in [-0.05, 0) is 26.3 Å². The van der Waals surface area contributed by atoms with E-state index in [1.807, 2.05) is 6.92 Å². The number of nitrogens with one attached hydrogen (secondary N) is 1. The monoisotopic (exact) mass is 216 g/mol. The molecule has 90 valence electrons. The lowest BCUT2D eigenvalue weighted by atomic mass is 10.2. The Hall–Kier alpha value is -0.160. The molecule has 1 aliphatic rings. The zero-order valence-electron chi connectivity index (χ0n) is 9.91. The van der Waals surface area contributed by atoms with Crippen molar-refractivity contribution in [2.75, 3.05) is 39.9 Å². The molecule has 1 unspecified atom stereocenters. The summed E-state index contributed by atoms with van der Waals surface area (Å²) >= 11 is 0. The fourth-order valence-corrected chi connectivity index (χ4v) is 2.08. The van der Waals surface area contributed by atoms with Gasteiger partial charge in [0, 0.05) is 32.8 Å². The van der Waals surface area contributed by atoms with Gasteiger partial charge in [-0.3, -0.25) is 4.90 Å². The van der Waals surface area contributed by atoms with Crippen LogP contribution in [0.2, 0.25) is 0 Å². The van der Waals surface area contributed by atoms with Gasteiger partial charge in [-0.25, -0.2) is 0 Å². The average Bonchev–Trinajstić information content (AvgIpc) is 2.66. The van der Waals surface area contributed by atoms with Gasteiger partial charge in [0.25, 0.3) is 0 Å². The van der Waals surface area contributed by atoms with E-state index < -0.39 is 0 Å². The SMILES string of the molecule is COCCN(CC1CCCN1)C[C@H](C)O. The van der Waals surface area contributed by atoms with Crippen LogP contribution in [0.5, 0.6) is 0 Å². The van der Waals surface area contributed by atoms with Crippen molar-refractivity contribution in [3.63, 3.8) is 0 Å². The van der Waals surface area contributed by atoms with Crippen molar-refractivity contribution in [3.8, 4) is 0 Å². The number of nitrogens with zero attached hydrogens (tertiary/aromatic N) is 1. The minimum Gasteiger partial charge on any atom is -0.392 e. The number of ether oxygens (including phenoxy) is 1. The molecule has 0 saturated carbocycles. The van der Waals surface area contributed by atoms with E-state index in [9.17, 15) is 5.11 Å². The molecule has 2 N–H and O–H groups in total. The molecule has 0 aromatic carbocycles. The highest BCUT2D eigenvalue weighted by molar-refractivity contribution is 4.78. The number of aliphatic hydroxyl groups excluding tert-OH is 1. The molecule has 1 fully saturated rings. The smallest absolute Gasteiger partial charge is 0.0639 e. The first kappa shape index (κ1) is 12.9. The first-order valence-electron chi connectivity index (χ1n) is 5.85. The third-order valence-electron chi connectivity index (χ3n) is 2.78. The second-order valence-corrected chi connectivity index (χ2v) is 4.39. The van der Waals surface area contributed by atoms with E-state index in [0.29, 0.717) is 6.04 Å². The van der Waals surface area contributed by atoms with Crippen molar-refractivity contribution < 1.29 is 9.84 Å². The maximum atomic E-state index is 9.39. The van der Waals surface area contributed by atoms with Crippen molar-refractivity contribution in [2.24, 2.45) is 0 Å². The van der Waals surface area contributed by atoms with Crippen molar-refractivity contribution in [2.45, 2.75) is 31.9 Å². The van der Waals surface area contributed by atoms with Crippen LogP contribution in [0.1, 0.15) is 19.8 Å². The quantitative estimate of drug-likeness (QED) is 0.632. The summed E-state index contributed by atoms with van der Waals surface area (Å²) in [6.45, 7) is 6.37. The summed E-state index contributed by atoms with van der Waals surface area (Å²) in [6, 6.07) is 0.598. The summed E-state index contributed by atoms with van der Waals surface area (Å²) in [5, 5.41) is 12.9. The van der Waals surface area contributed by atoms with Crippen molar-refractivity contribution >= 4 is 0 Å². The normalized spacial score (nSPS) is 23.6. The number of hydrogen-bond acceptors (Lipinski definition) is 4. The number of methoxy groups -OCH3 is 1. The molecule has 0 aliphatic carbocycles. The molecular formula is C11H24N2O2. The van der Waals surface area contributed by atoms with Gasteiger partial charge in [-0.1, -0.05) is 0 Å². The van der Waals surface area contributed by atoms with E-state index in [1.54, 1.807) is 7.11 Å². The Kier molecular flexibility index (Phi) is 6.17. The van der Waals surface area contributed by atoms with Crippen LogP contribution in [0.4, 0.5) is 0 Å². The standard InChI is InChI=1S/C11H24N2O2/c1-10(14)8-13(6-7-15-2)9-11-4-3-5-12-11/h10-12,14H,3-9H2,1-2H3/t10-,11?/m0/s1. The molecular weight excluding hydrogens is 192 g/mol. The average molecular weight is 216 g/mol. The largest absolute Gasteiger partial charge is 0.392 e. The van der Waals surface area contributed by atoms with Gasteiger partial charge in [-0.15, -0.1) is 0 Å². The second kappa shape index (κ2) is 7.17. The van der Waals surface area contributed by atoms with Crippen molar-refractivity contribution in [3.05, 3.63) is 0 Å². The van der Waals surface area contributed by atoms with E-state index in [2.05, 4.69) is 10.2 Å². The van der Waals surface area contributed by atoms with E-state index >= 15 is 0 Å². The summed E-state index contributed by atoms with van der Waals surface area (Å²) < 4.78 is 5.07. The third kappa shape index (κ3) is 5.47. The number of rotatable bonds is 7. The lowest BCUT2D eigenvalue weighted by Gasteiger charge is -2.26. The minimum atomic E-state index is -0.261. The molecule has 2 atom stereocenters. The lowest BCUT2D eigenvalue weighted by molar-refractivity contribution is 0.0931. The summed E-state index contributed by atoms with van der Waals surface area (Å²) in [5.74, 6) is 0. The Morgan fingerprint density at radius 3 is 2.93 bits per heavy atom. The Morgan fingerprint density at radius 1 is 1.60 bits per heavy atom. The molecule has 0 bridgehead atoms. The van der Waals surface area contributed by atoms with Crippen LogP contribution >= 0.6 is 0 Å². The molecule has 0 spiro atoms. The third-order valence-corrected chi connectivity index (χ3v) is 2.78. The lowest BCUT2D eigenvalue weighted by Crippen LogP contribution is -2.42. The molecule has 0 amide bonds. The molecule has 4 nitrogen and oxygen atoms in total. The zero-order chi connectivity index (χ0) is 11.1. The van der Waals surface area contributed by atoms with Gasteiger partial charge in [0.1, 0.15) is 0 Å². The molecule has 1 saturated heterocycles. The van der Waals surface area contributed by atoms with Crippen LogP contribution in [0.15, 0.2) is 0 Å². The van der Waals surface area contributed by atoms with Crippen molar-refractivity contribution in [1.29, 1.82) is 0 Å². The number of hydrogen-bond donors (Lipinski definition) is 2. The molecule has 1 heterocycles. The van der Waals surface area contributed by atoms with Crippen LogP contribution in [0.25, 0.3) is 0 Å². The summed E-state index contributed by atoms with van der Waals surface area (Å²) in [4.78, 5) is 2.27. The van der Waals surface area contributed by atoms with Gasteiger partial charge in [0.2, 0.25) is 0 Å². The Bertz CT molecular complexity index is 159. The molecule has 1 rings (SSSR count). The highest BCUT2D eigenvalue weighted by atomic mass is 16.5. The fraction of sp³-hybridized carbons (Fsp3) is 1.00. The second-order valence-electron chi connectivity index (χ2n) is 4.39. The topological polar surface area (TPSA) is 44.7 Å². The molecule has 0 radical (unpaired) electrons. The molecule has 1 aliphatic heterocycles. The van der Waals surface area contributed by atoms with E-state index in [1.165, 1.54) is 12.8 Å². The number of aliphatic hydroxyl groups is 1. The highest BCUT2D eigenvalue weighted by Gasteiger charge is 2.18. The van der Waals surface area contributed by atoms with Gasteiger partial charge < -0.3 is 15.2 Å². The zero-order valence-corrected chi connectivity index (χ0v) is 9.91. The van der Waals surface area contributed by atoms with E-state index in [-0.39, 0.29) is 6.10 Å². The minimum absolute atomic E-state index is 0.261. The summed E-state index contributed by atoms with van der Waals surface area (Å²) in [7, 11) is 1.72. The van der Waals surface area contributed by atoms with Gasteiger partial charge in [0.15, 0.2) is 0 Å². The van der Waals surface area contributed by atoms with Gasteiger partial charge >= 0.3 is 0 Å². The first-order chi connectivity index (χ1) is 7.22. The van der Waals surface area contributed by atoms with Crippen LogP contribution in [0, 0.1) is 0 Å². The fourth-order valence-electron chi connectivity index (χ4n) is 2.08.